The molecule has 0 atom stereocenters. The Kier molecular flexibility index (Phi) is 7.09. The summed E-state index contributed by atoms with van der Waals surface area (Å²) in [5.74, 6) is 1.10. The molecule has 0 saturated carbocycles. The molecule has 1 aliphatic heterocycles. The van der Waals surface area contributed by atoms with Crippen molar-refractivity contribution in [2.24, 2.45) is 0 Å². The minimum atomic E-state index is -2.86. The molecule has 0 bridgehead atoms. The summed E-state index contributed by atoms with van der Waals surface area (Å²) in [4.78, 5) is 20.9. The predicted molar refractivity (Wildman–Crippen MR) is 118 cm³/mol. The summed E-state index contributed by atoms with van der Waals surface area (Å²) >= 11 is 0. The molecule has 1 amide bonds. The van der Waals surface area contributed by atoms with Crippen molar-refractivity contribution in [1.29, 1.82) is 0 Å². The van der Waals surface area contributed by atoms with Gasteiger partial charge in [0.25, 0.3) is 0 Å². The van der Waals surface area contributed by atoms with Crippen LogP contribution in [0.1, 0.15) is 17.0 Å². The summed E-state index contributed by atoms with van der Waals surface area (Å²) in [5.41, 5.74) is 2.81. The van der Waals surface area contributed by atoms with Gasteiger partial charge in [0.15, 0.2) is 0 Å². The van der Waals surface area contributed by atoms with Crippen molar-refractivity contribution in [2.45, 2.75) is 20.1 Å². The second kappa shape index (κ2) is 10.4. The van der Waals surface area contributed by atoms with Gasteiger partial charge in [-0.1, -0.05) is 47.1 Å². The van der Waals surface area contributed by atoms with Gasteiger partial charge in [0.2, 0.25) is 17.6 Å². The monoisotopic (exact) mass is 454 g/mol. The fraction of sp³-hybridized carbons (Fsp3) is 0.292. The number of hydrogen-bond donors (Lipinski definition) is 0. The molecule has 3 aromatic rings. The van der Waals surface area contributed by atoms with Gasteiger partial charge in [-0.25, -0.2) is 0 Å². The van der Waals surface area contributed by atoms with Gasteiger partial charge in [-0.2, -0.15) is 13.8 Å². The lowest BCUT2D eigenvalue weighted by Gasteiger charge is -2.33. The molecule has 0 N–H and O–H groups in total. The summed E-state index contributed by atoms with van der Waals surface area (Å²) in [6.07, 6.45) is 3.15. The molecule has 0 spiro atoms. The molecule has 1 aromatic heterocycles. The fourth-order valence-corrected chi connectivity index (χ4v) is 3.49. The molecule has 0 radical (unpaired) electrons. The van der Waals surface area contributed by atoms with Crippen molar-refractivity contribution in [3.05, 3.63) is 71.6 Å². The van der Waals surface area contributed by atoms with Crippen LogP contribution in [0.3, 0.4) is 0 Å². The normalized spacial score (nSPS) is 14.8. The Morgan fingerprint density at radius 3 is 2.45 bits per heavy atom. The SMILES string of the molecule is Cc1ccc(-c2noc(CN3CCN(C(=O)/C=C/c4ccc(OC(F)F)cc4)CC3)n2)cc1. The van der Waals surface area contributed by atoms with E-state index in [1.807, 2.05) is 31.2 Å². The Hall–Kier alpha value is -3.59. The Morgan fingerprint density at radius 2 is 1.79 bits per heavy atom. The average Bonchev–Trinajstić information content (AvgIpc) is 3.27. The minimum Gasteiger partial charge on any atom is -0.435 e. The number of benzene rings is 2. The Labute approximate surface area is 190 Å². The summed E-state index contributed by atoms with van der Waals surface area (Å²) < 4.78 is 34.1. The quantitative estimate of drug-likeness (QED) is 0.503. The number of alkyl halides is 2. The lowest BCUT2D eigenvalue weighted by molar-refractivity contribution is -0.127. The number of ether oxygens (including phenoxy) is 1. The number of aryl methyl sites for hydroxylation is 1. The van der Waals surface area contributed by atoms with E-state index in [9.17, 15) is 13.6 Å². The van der Waals surface area contributed by atoms with Crippen molar-refractivity contribution in [1.82, 2.24) is 19.9 Å². The number of amides is 1. The van der Waals surface area contributed by atoms with Gasteiger partial charge in [-0.05, 0) is 30.7 Å². The maximum atomic E-state index is 12.5. The van der Waals surface area contributed by atoms with Crippen LogP contribution in [0.15, 0.2) is 59.1 Å². The van der Waals surface area contributed by atoms with Crippen LogP contribution >= 0.6 is 0 Å². The molecule has 2 aromatic carbocycles. The van der Waals surface area contributed by atoms with E-state index in [1.54, 1.807) is 23.1 Å². The van der Waals surface area contributed by atoms with E-state index in [0.29, 0.717) is 44.4 Å². The third kappa shape index (κ3) is 6.23. The van der Waals surface area contributed by atoms with E-state index < -0.39 is 6.61 Å². The predicted octanol–water partition coefficient (Wildman–Crippen LogP) is 4.00. The number of rotatable bonds is 7. The number of nitrogens with zero attached hydrogens (tertiary/aromatic N) is 4. The third-order valence-corrected chi connectivity index (χ3v) is 5.34. The fourth-order valence-electron chi connectivity index (χ4n) is 3.49. The highest BCUT2D eigenvalue weighted by Gasteiger charge is 2.21. The van der Waals surface area contributed by atoms with Crippen molar-refractivity contribution in [3.8, 4) is 17.1 Å². The largest absolute Gasteiger partial charge is 0.435 e. The second-order valence-corrected chi connectivity index (χ2v) is 7.76. The van der Waals surface area contributed by atoms with E-state index in [0.717, 1.165) is 11.1 Å². The van der Waals surface area contributed by atoms with E-state index >= 15 is 0 Å². The van der Waals surface area contributed by atoms with Crippen molar-refractivity contribution >= 4 is 12.0 Å². The Balaban J connectivity index is 1.25. The molecular weight excluding hydrogens is 430 g/mol. The van der Waals surface area contributed by atoms with Crippen LogP contribution in [0.2, 0.25) is 0 Å². The van der Waals surface area contributed by atoms with Crippen molar-refractivity contribution in [3.63, 3.8) is 0 Å². The number of piperazine rings is 1. The first kappa shape index (κ1) is 22.6. The molecule has 9 heteroatoms. The van der Waals surface area contributed by atoms with Crippen LogP contribution in [0.25, 0.3) is 17.5 Å². The molecule has 1 fully saturated rings. The van der Waals surface area contributed by atoms with Gasteiger partial charge in [-0.3, -0.25) is 9.69 Å². The van der Waals surface area contributed by atoms with Gasteiger partial charge in [0.05, 0.1) is 6.54 Å². The first-order valence-corrected chi connectivity index (χ1v) is 10.6. The zero-order valence-electron chi connectivity index (χ0n) is 18.2. The van der Waals surface area contributed by atoms with Crippen LogP contribution in [0.4, 0.5) is 8.78 Å². The van der Waals surface area contributed by atoms with Crippen LogP contribution in [-0.2, 0) is 11.3 Å². The van der Waals surface area contributed by atoms with Crippen LogP contribution in [0.5, 0.6) is 5.75 Å². The third-order valence-electron chi connectivity index (χ3n) is 5.34. The summed E-state index contributed by atoms with van der Waals surface area (Å²) in [6, 6.07) is 14.1. The molecule has 33 heavy (non-hydrogen) atoms. The highest BCUT2D eigenvalue weighted by molar-refractivity contribution is 5.91. The molecule has 1 saturated heterocycles. The summed E-state index contributed by atoms with van der Waals surface area (Å²) in [7, 11) is 0. The zero-order valence-corrected chi connectivity index (χ0v) is 18.2. The number of carbonyl (C=O) groups is 1. The average molecular weight is 454 g/mol. The lowest BCUT2D eigenvalue weighted by atomic mass is 10.1. The Morgan fingerprint density at radius 1 is 1.09 bits per heavy atom. The highest BCUT2D eigenvalue weighted by atomic mass is 19.3. The highest BCUT2D eigenvalue weighted by Crippen LogP contribution is 2.18. The number of carbonyl (C=O) groups excluding carboxylic acids is 1. The van der Waals surface area contributed by atoms with Gasteiger partial charge in [0.1, 0.15) is 5.75 Å². The second-order valence-electron chi connectivity index (χ2n) is 7.76. The van der Waals surface area contributed by atoms with E-state index in [-0.39, 0.29) is 11.7 Å². The standard InChI is InChI=1S/C24H24F2N4O3/c1-17-2-7-19(8-3-17)23-27-21(33-28-23)16-29-12-14-30(15-13-29)22(31)11-6-18-4-9-20(10-5-18)32-24(25)26/h2-11,24H,12-16H2,1H3/b11-6+. The lowest BCUT2D eigenvalue weighted by Crippen LogP contribution is -2.47. The minimum absolute atomic E-state index is 0.0804. The van der Waals surface area contributed by atoms with Gasteiger partial charge >= 0.3 is 6.61 Å². The first-order chi connectivity index (χ1) is 16.0. The van der Waals surface area contributed by atoms with Gasteiger partial charge in [0, 0.05) is 37.8 Å². The van der Waals surface area contributed by atoms with Crippen LogP contribution in [0, 0.1) is 6.92 Å². The van der Waals surface area contributed by atoms with Crippen molar-refractivity contribution in [2.75, 3.05) is 26.2 Å². The molecule has 0 aliphatic carbocycles. The topological polar surface area (TPSA) is 71.7 Å². The molecule has 2 heterocycles. The van der Waals surface area contributed by atoms with Crippen molar-refractivity contribution < 1.29 is 22.8 Å². The molecule has 0 unspecified atom stereocenters. The maximum absolute atomic E-state index is 12.5. The van der Waals surface area contributed by atoms with E-state index in [4.69, 9.17) is 4.52 Å². The summed E-state index contributed by atoms with van der Waals surface area (Å²) in [6.45, 7) is 2.26. The van der Waals surface area contributed by atoms with Gasteiger partial charge in [-0.15, -0.1) is 0 Å². The van der Waals surface area contributed by atoms with E-state index in [2.05, 4.69) is 19.8 Å². The molecule has 7 nitrogen and oxygen atoms in total. The van der Waals surface area contributed by atoms with Crippen LogP contribution in [-0.4, -0.2) is 58.6 Å². The maximum Gasteiger partial charge on any atom is 0.387 e. The van der Waals surface area contributed by atoms with Crippen LogP contribution < -0.4 is 4.74 Å². The molecule has 1 aliphatic rings. The molecule has 172 valence electrons. The number of aromatic nitrogens is 2. The number of halogens is 2. The first-order valence-electron chi connectivity index (χ1n) is 10.6. The smallest absolute Gasteiger partial charge is 0.387 e. The number of hydrogen-bond acceptors (Lipinski definition) is 6. The summed E-state index contributed by atoms with van der Waals surface area (Å²) in [5, 5.41) is 4.07. The Bertz CT molecular complexity index is 1090. The molecule has 4 rings (SSSR count). The molecular formula is C24H24F2N4O3. The zero-order chi connectivity index (χ0) is 23.2. The van der Waals surface area contributed by atoms with E-state index in [1.165, 1.54) is 23.8 Å². The van der Waals surface area contributed by atoms with Gasteiger partial charge < -0.3 is 14.2 Å².